The van der Waals surface area contributed by atoms with Gasteiger partial charge in [0.05, 0.1) is 33.1 Å². The number of hydrogen-bond donors (Lipinski definition) is 0. The highest BCUT2D eigenvalue weighted by Gasteiger charge is 2.24. The number of hydrogen-bond acceptors (Lipinski definition) is 6. The zero-order chi connectivity index (χ0) is 25.2. The van der Waals surface area contributed by atoms with Crippen molar-refractivity contribution >= 4 is 38.7 Å². The van der Waals surface area contributed by atoms with Crippen molar-refractivity contribution in [1.29, 1.82) is 0 Å². The Bertz CT molecular complexity index is 1340. The third kappa shape index (κ3) is 5.78. The van der Waals surface area contributed by atoms with E-state index in [1.807, 2.05) is 32.9 Å². The fourth-order valence-corrected chi connectivity index (χ4v) is 4.82. The second-order valence-electron chi connectivity index (χ2n) is 10.1. The molecule has 4 rings (SSSR count). The lowest BCUT2D eigenvalue weighted by atomic mass is 9.88. The van der Waals surface area contributed by atoms with Gasteiger partial charge in [0.1, 0.15) is 5.82 Å². The number of aromatic nitrogens is 2. The zero-order valence-corrected chi connectivity index (χ0v) is 21.7. The van der Waals surface area contributed by atoms with Crippen molar-refractivity contribution in [2.75, 3.05) is 6.61 Å². The van der Waals surface area contributed by atoms with E-state index in [4.69, 9.17) is 9.72 Å². The van der Waals surface area contributed by atoms with E-state index in [0.717, 1.165) is 25.7 Å². The maximum absolute atomic E-state index is 13.4. The molecule has 35 heavy (non-hydrogen) atoms. The Morgan fingerprint density at radius 2 is 1.94 bits per heavy atom. The Labute approximate surface area is 212 Å². The highest BCUT2D eigenvalue weighted by atomic mass is 79.9. The summed E-state index contributed by atoms with van der Waals surface area (Å²) in [5.74, 6) is 0.963. The Morgan fingerprint density at radius 3 is 2.63 bits per heavy atom. The molecule has 184 valence electrons. The number of ether oxygens (including phenoxy) is 1. The standard InChI is InChI=1S/C26H29BrN4O4/c1-26(2,3)16-35-23-20(27)13-17(14-22(23)31(33)34)15-28-30-24(18-9-5-4-6-10-18)29-21-12-8-7-11-19(21)25(30)32/h7-8,11-15,18H,4-6,9-10,16H2,1-3H3. The van der Waals surface area contributed by atoms with Crippen LogP contribution in [-0.4, -0.2) is 27.4 Å². The molecule has 1 aliphatic carbocycles. The summed E-state index contributed by atoms with van der Waals surface area (Å²) >= 11 is 3.41. The average molecular weight is 541 g/mol. The molecule has 9 heteroatoms. The van der Waals surface area contributed by atoms with E-state index in [-0.39, 0.29) is 28.3 Å². The molecule has 2 aromatic carbocycles. The third-order valence-corrected chi connectivity index (χ3v) is 6.55. The van der Waals surface area contributed by atoms with Gasteiger partial charge in [-0.15, -0.1) is 0 Å². The molecule has 1 saturated carbocycles. The van der Waals surface area contributed by atoms with Crippen molar-refractivity contribution in [1.82, 2.24) is 9.66 Å². The van der Waals surface area contributed by atoms with Gasteiger partial charge in [0, 0.05) is 17.5 Å². The number of rotatable bonds is 6. The second kappa shape index (κ2) is 10.3. The quantitative estimate of drug-likeness (QED) is 0.204. The lowest BCUT2D eigenvalue weighted by Gasteiger charge is -2.22. The number of nitro groups is 1. The molecular formula is C26H29BrN4O4. The van der Waals surface area contributed by atoms with Crippen LogP contribution in [0.3, 0.4) is 0 Å². The normalized spacial score (nSPS) is 15.1. The lowest BCUT2D eigenvalue weighted by Crippen LogP contribution is -2.25. The fraction of sp³-hybridized carbons (Fsp3) is 0.423. The summed E-state index contributed by atoms with van der Waals surface area (Å²) in [5, 5.41) is 16.8. The molecule has 0 radical (unpaired) electrons. The fourth-order valence-electron chi connectivity index (χ4n) is 4.24. The number of fused-ring (bicyclic) bond motifs is 1. The van der Waals surface area contributed by atoms with Gasteiger partial charge in [-0.3, -0.25) is 14.9 Å². The summed E-state index contributed by atoms with van der Waals surface area (Å²) in [4.78, 5) is 29.5. The molecule has 0 spiro atoms. The van der Waals surface area contributed by atoms with Crippen LogP contribution >= 0.6 is 15.9 Å². The largest absolute Gasteiger partial charge is 0.485 e. The van der Waals surface area contributed by atoms with Gasteiger partial charge in [-0.05, 0) is 52.4 Å². The third-order valence-electron chi connectivity index (χ3n) is 5.96. The average Bonchev–Trinajstić information content (AvgIpc) is 2.82. The first kappa shape index (κ1) is 25.0. The van der Waals surface area contributed by atoms with E-state index < -0.39 is 4.92 Å². The van der Waals surface area contributed by atoms with Gasteiger partial charge in [0.2, 0.25) is 5.75 Å². The van der Waals surface area contributed by atoms with Crippen LogP contribution in [0.25, 0.3) is 10.9 Å². The molecule has 0 saturated heterocycles. The minimum atomic E-state index is -0.475. The van der Waals surface area contributed by atoms with E-state index in [9.17, 15) is 14.9 Å². The molecule has 3 aromatic rings. The van der Waals surface area contributed by atoms with Crippen molar-refractivity contribution < 1.29 is 9.66 Å². The Hall–Kier alpha value is -3.07. The first-order valence-corrected chi connectivity index (χ1v) is 12.6. The molecule has 0 aliphatic heterocycles. The van der Waals surface area contributed by atoms with Crippen molar-refractivity contribution in [3.8, 4) is 5.75 Å². The van der Waals surface area contributed by atoms with Gasteiger partial charge in [-0.25, -0.2) is 4.98 Å². The lowest BCUT2D eigenvalue weighted by molar-refractivity contribution is -0.386. The number of halogens is 1. The molecule has 0 atom stereocenters. The van der Waals surface area contributed by atoms with Crippen molar-refractivity contribution in [2.24, 2.45) is 10.5 Å². The summed E-state index contributed by atoms with van der Waals surface area (Å²) < 4.78 is 7.59. The van der Waals surface area contributed by atoms with Gasteiger partial charge in [0.15, 0.2) is 0 Å². The number of para-hydroxylation sites is 1. The van der Waals surface area contributed by atoms with Crippen LogP contribution in [0.15, 0.2) is 50.8 Å². The predicted molar refractivity (Wildman–Crippen MR) is 141 cm³/mol. The van der Waals surface area contributed by atoms with E-state index >= 15 is 0 Å². The number of benzene rings is 2. The maximum Gasteiger partial charge on any atom is 0.312 e. The van der Waals surface area contributed by atoms with Gasteiger partial charge in [-0.2, -0.15) is 9.78 Å². The van der Waals surface area contributed by atoms with Crippen LogP contribution in [-0.2, 0) is 0 Å². The Balaban J connectivity index is 1.77. The molecule has 0 amide bonds. The SMILES string of the molecule is CC(C)(C)COc1c(Br)cc(C=Nn2c(C3CCCCC3)nc3ccccc3c2=O)cc1[N+](=O)[O-]. The van der Waals surface area contributed by atoms with E-state index in [2.05, 4.69) is 21.0 Å². The zero-order valence-electron chi connectivity index (χ0n) is 20.2. The van der Waals surface area contributed by atoms with E-state index in [0.29, 0.717) is 33.4 Å². The summed E-state index contributed by atoms with van der Waals surface area (Å²) in [6.07, 6.45) is 6.74. The van der Waals surface area contributed by atoms with Crippen LogP contribution < -0.4 is 10.3 Å². The van der Waals surface area contributed by atoms with Crippen molar-refractivity contribution in [2.45, 2.75) is 58.8 Å². The summed E-state index contributed by atoms with van der Waals surface area (Å²) in [6, 6.07) is 10.4. The highest BCUT2D eigenvalue weighted by Crippen LogP contribution is 2.37. The maximum atomic E-state index is 13.4. The van der Waals surface area contributed by atoms with E-state index in [1.54, 1.807) is 18.2 Å². The number of nitrogens with zero attached hydrogens (tertiary/aromatic N) is 4. The smallest absolute Gasteiger partial charge is 0.312 e. The van der Waals surface area contributed by atoms with Crippen molar-refractivity contribution in [3.05, 3.63) is 72.7 Å². The van der Waals surface area contributed by atoms with Gasteiger partial charge < -0.3 is 4.74 Å². The van der Waals surface area contributed by atoms with Gasteiger partial charge in [-0.1, -0.05) is 52.2 Å². The molecule has 8 nitrogen and oxygen atoms in total. The second-order valence-corrected chi connectivity index (χ2v) is 11.0. The molecule has 1 aliphatic rings. The summed E-state index contributed by atoms with van der Waals surface area (Å²) in [7, 11) is 0. The Kier molecular flexibility index (Phi) is 7.35. The predicted octanol–water partition coefficient (Wildman–Crippen LogP) is 6.42. The van der Waals surface area contributed by atoms with Crippen LogP contribution in [0.2, 0.25) is 0 Å². The molecular weight excluding hydrogens is 512 g/mol. The monoisotopic (exact) mass is 540 g/mol. The van der Waals surface area contributed by atoms with Gasteiger partial charge >= 0.3 is 5.69 Å². The van der Waals surface area contributed by atoms with Crippen LogP contribution in [0.4, 0.5) is 5.69 Å². The summed E-state index contributed by atoms with van der Waals surface area (Å²) in [5.41, 5.74) is 0.560. The highest BCUT2D eigenvalue weighted by molar-refractivity contribution is 9.10. The first-order chi connectivity index (χ1) is 16.6. The van der Waals surface area contributed by atoms with Gasteiger partial charge in [0.25, 0.3) is 5.56 Å². The van der Waals surface area contributed by atoms with Crippen LogP contribution in [0, 0.1) is 15.5 Å². The van der Waals surface area contributed by atoms with Crippen LogP contribution in [0.1, 0.15) is 70.2 Å². The molecule has 1 fully saturated rings. The Morgan fingerprint density at radius 1 is 1.23 bits per heavy atom. The molecule has 0 unspecified atom stereocenters. The molecule has 1 aromatic heterocycles. The first-order valence-electron chi connectivity index (χ1n) is 11.8. The van der Waals surface area contributed by atoms with Crippen molar-refractivity contribution in [3.63, 3.8) is 0 Å². The summed E-state index contributed by atoms with van der Waals surface area (Å²) in [6.45, 7) is 6.30. The minimum absolute atomic E-state index is 0.146. The molecule has 0 bridgehead atoms. The minimum Gasteiger partial charge on any atom is -0.485 e. The number of nitro benzene ring substituents is 1. The topological polar surface area (TPSA) is 99.6 Å². The molecule has 1 heterocycles. The van der Waals surface area contributed by atoms with Crippen LogP contribution in [0.5, 0.6) is 5.75 Å². The molecule has 0 N–H and O–H groups in total. The van der Waals surface area contributed by atoms with E-state index in [1.165, 1.54) is 23.4 Å².